The van der Waals surface area contributed by atoms with Crippen LogP contribution in [-0.4, -0.2) is 31.4 Å². The molecule has 0 amide bonds. The lowest BCUT2D eigenvalue weighted by atomic mass is 10.1. The molecule has 1 aromatic carbocycles. The second kappa shape index (κ2) is 8.93. The van der Waals surface area contributed by atoms with Crippen LogP contribution in [0.2, 0.25) is 0 Å². The summed E-state index contributed by atoms with van der Waals surface area (Å²) in [6.45, 7) is 1.08. The fourth-order valence-electron chi connectivity index (χ4n) is 1.66. The molecule has 106 valence electrons. The first kappa shape index (κ1) is 16.0. The molecule has 0 unspecified atom stereocenters. The highest BCUT2D eigenvalue weighted by Crippen LogP contribution is 2.26. The van der Waals surface area contributed by atoms with Crippen LogP contribution in [0.15, 0.2) is 22.7 Å². The van der Waals surface area contributed by atoms with Gasteiger partial charge in [-0.3, -0.25) is 4.79 Å². The SMILES string of the molecule is COCCOc1ccc(CCCCC(=O)O)cc1Br. The van der Waals surface area contributed by atoms with Crippen LogP contribution in [0, 0.1) is 0 Å². The molecular formula is C14H19BrO4. The highest BCUT2D eigenvalue weighted by molar-refractivity contribution is 9.10. The van der Waals surface area contributed by atoms with Gasteiger partial charge >= 0.3 is 5.97 Å². The molecule has 4 nitrogen and oxygen atoms in total. The number of ether oxygens (including phenoxy) is 2. The van der Waals surface area contributed by atoms with Gasteiger partial charge in [-0.15, -0.1) is 0 Å². The molecule has 0 aliphatic carbocycles. The number of hydrogen-bond acceptors (Lipinski definition) is 3. The summed E-state index contributed by atoms with van der Waals surface area (Å²) in [4.78, 5) is 10.4. The van der Waals surface area contributed by atoms with Crippen molar-refractivity contribution in [1.82, 2.24) is 0 Å². The van der Waals surface area contributed by atoms with E-state index in [1.165, 1.54) is 5.56 Å². The zero-order valence-electron chi connectivity index (χ0n) is 11.0. The Labute approximate surface area is 121 Å². The molecule has 19 heavy (non-hydrogen) atoms. The Hall–Kier alpha value is -1.07. The first-order valence-corrected chi connectivity index (χ1v) is 7.04. The van der Waals surface area contributed by atoms with Gasteiger partial charge in [0.1, 0.15) is 12.4 Å². The Kier molecular flexibility index (Phi) is 7.52. The number of methoxy groups -OCH3 is 1. The van der Waals surface area contributed by atoms with Gasteiger partial charge in [0, 0.05) is 13.5 Å². The predicted octanol–water partition coefficient (Wildman–Crippen LogP) is 3.27. The van der Waals surface area contributed by atoms with E-state index < -0.39 is 5.97 Å². The molecule has 1 rings (SSSR count). The quantitative estimate of drug-likeness (QED) is 0.706. The van der Waals surface area contributed by atoms with E-state index >= 15 is 0 Å². The second-order valence-electron chi connectivity index (χ2n) is 4.21. The average Bonchev–Trinajstić information content (AvgIpc) is 2.37. The van der Waals surface area contributed by atoms with Crippen molar-refractivity contribution < 1.29 is 19.4 Å². The molecule has 0 aliphatic rings. The van der Waals surface area contributed by atoms with Gasteiger partial charge < -0.3 is 14.6 Å². The fourth-order valence-corrected chi connectivity index (χ4v) is 2.20. The summed E-state index contributed by atoms with van der Waals surface area (Å²) in [6.07, 6.45) is 2.70. The molecule has 0 saturated carbocycles. The van der Waals surface area contributed by atoms with E-state index in [4.69, 9.17) is 14.6 Å². The summed E-state index contributed by atoms with van der Waals surface area (Å²) >= 11 is 3.47. The summed E-state index contributed by atoms with van der Waals surface area (Å²) in [5, 5.41) is 8.56. The molecule has 0 aliphatic heterocycles. The first-order valence-electron chi connectivity index (χ1n) is 6.25. The van der Waals surface area contributed by atoms with Crippen molar-refractivity contribution in [1.29, 1.82) is 0 Å². The number of benzene rings is 1. The Morgan fingerprint density at radius 1 is 1.32 bits per heavy atom. The van der Waals surface area contributed by atoms with Gasteiger partial charge in [-0.25, -0.2) is 0 Å². The predicted molar refractivity (Wildman–Crippen MR) is 76.7 cm³/mol. The minimum atomic E-state index is -0.733. The highest BCUT2D eigenvalue weighted by atomic mass is 79.9. The van der Waals surface area contributed by atoms with Crippen molar-refractivity contribution in [3.05, 3.63) is 28.2 Å². The minimum absolute atomic E-state index is 0.235. The van der Waals surface area contributed by atoms with Crippen LogP contribution in [0.3, 0.4) is 0 Å². The number of carboxylic acid groups (broad SMARTS) is 1. The van der Waals surface area contributed by atoms with Crippen molar-refractivity contribution in [2.24, 2.45) is 0 Å². The molecular weight excluding hydrogens is 312 g/mol. The third-order valence-electron chi connectivity index (χ3n) is 2.65. The van der Waals surface area contributed by atoms with Crippen molar-refractivity contribution in [3.8, 4) is 5.75 Å². The third kappa shape index (κ3) is 6.59. The number of carboxylic acids is 1. The summed E-state index contributed by atoms with van der Waals surface area (Å²) in [5.74, 6) is 0.0643. The van der Waals surface area contributed by atoms with E-state index in [9.17, 15) is 4.79 Å². The highest BCUT2D eigenvalue weighted by Gasteiger charge is 2.03. The minimum Gasteiger partial charge on any atom is -0.490 e. The van der Waals surface area contributed by atoms with Crippen LogP contribution in [0.1, 0.15) is 24.8 Å². The standard InChI is InChI=1S/C14H19BrO4/c1-18-8-9-19-13-7-6-11(10-12(13)15)4-2-3-5-14(16)17/h6-7,10H,2-5,8-9H2,1H3,(H,16,17). The Morgan fingerprint density at radius 3 is 2.74 bits per heavy atom. The van der Waals surface area contributed by atoms with Crippen LogP contribution in [0.4, 0.5) is 0 Å². The van der Waals surface area contributed by atoms with Gasteiger partial charge in [0.25, 0.3) is 0 Å². The molecule has 0 bridgehead atoms. The number of hydrogen-bond donors (Lipinski definition) is 1. The maximum atomic E-state index is 10.4. The Balaban J connectivity index is 2.40. The number of unbranched alkanes of at least 4 members (excludes halogenated alkanes) is 1. The molecule has 0 radical (unpaired) electrons. The Bertz CT molecular complexity index is 406. The lowest BCUT2D eigenvalue weighted by Crippen LogP contribution is -2.04. The largest absolute Gasteiger partial charge is 0.490 e. The fraction of sp³-hybridized carbons (Fsp3) is 0.500. The maximum Gasteiger partial charge on any atom is 0.303 e. The van der Waals surface area contributed by atoms with Crippen LogP contribution >= 0.6 is 15.9 Å². The summed E-state index contributed by atoms with van der Waals surface area (Å²) in [6, 6.07) is 5.95. The van der Waals surface area contributed by atoms with Crippen LogP contribution in [0.5, 0.6) is 5.75 Å². The smallest absolute Gasteiger partial charge is 0.303 e. The number of halogens is 1. The van der Waals surface area contributed by atoms with Crippen molar-refractivity contribution >= 4 is 21.9 Å². The normalized spacial score (nSPS) is 10.4. The van der Waals surface area contributed by atoms with E-state index in [0.717, 1.165) is 23.1 Å². The summed E-state index contributed by atoms with van der Waals surface area (Å²) in [7, 11) is 1.64. The maximum absolute atomic E-state index is 10.4. The van der Waals surface area contributed by atoms with Crippen molar-refractivity contribution in [3.63, 3.8) is 0 Å². The van der Waals surface area contributed by atoms with Crippen molar-refractivity contribution in [2.45, 2.75) is 25.7 Å². The summed E-state index contributed by atoms with van der Waals surface area (Å²) < 4.78 is 11.4. The molecule has 0 atom stereocenters. The molecule has 0 fully saturated rings. The van der Waals surface area contributed by atoms with E-state index in [-0.39, 0.29) is 6.42 Å². The van der Waals surface area contributed by atoms with Gasteiger partial charge in [-0.05, 0) is 52.9 Å². The van der Waals surface area contributed by atoms with Gasteiger partial charge in [-0.1, -0.05) is 6.07 Å². The lowest BCUT2D eigenvalue weighted by Gasteiger charge is -2.09. The van der Waals surface area contributed by atoms with E-state index in [1.807, 2.05) is 18.2 Å². The number of aryl methyl sites for hydroxylation is 1. The number of rotatable bonds is 9. The van der Waals surface area contributed by atoms with Crippen LogP contribution in [-0.2, 0) is 16.0 Å². The molecule has 1 N–H and O–H groups in total. The lowest BCUT2D eigenvalue weighted by molar-refractivity contribution is -0.137. The zero-order valence-corrected chi connectivity index (χ0v) is 12.6. The van der Waals surface area contributed by atoms with Crippen LogP contribution in [0.25, 0.3) is 0 Å². The third-order valence-corrected chi connectivity index (χ3v) is 3.27. The average molecular weight is 331 g/mol. The second-order valence-corrected chi connectivity index (χ2v) is 5.06. The molecule has 0 spiro atoms. The van der Waals surface area contributed by atoms with Gasteiger partial charge in [0.2, 0.25) is 0 Å². The van der Waals surface area contributed by atoms with Gasteiger partial charge in [0.15, 0.2) is 0 Å². The molecule has 0 aromatic heterocycles. The first-order chi connectivity index (χ1) is 9.13. The molecule has 1 aromatic rings. The monoisotopic (exact) mass is 330 g/mol. The van der Waals surface area contributed by atoms with E-state index in [2.05, 4.69) is 15.9 Å². The molecule has 0 heterocycles. The number of aliphatic carboxylic acids is 1. The number of carbonyl (C=O) groups is 1. The van der Waals surface area contributed by atoms with Crippen molar-refractivity contribution in [2.75, 3.05) is 20.3 Å². The topological polar surface area (TPSA) is 55.8 Å². The molecule has 5 heteroatoms. The van der Waals surface area contributed by atoms with Crippen LogP contribution < -0.4 is 4.74 Å². The van der Waals surface area contributed by atoms with Gasteiger partial charge in [-0.2, -0.15) is 0 Å². The van der Waals surface area contributed by atoms with E-state index in [1.54, 1.807) is 7.11 Å². The zero-order chi connectivity index (χ0) is 14.1. The Morgan fingerprint density at radius 2 is 2.11 bits per heavy atom. The molecule has 0 saturated heterocycles. The van der Waals surface area contributed by atoms with Gasteiger partial charge in [0.05, 0.1) is 11.1 Å². The summed E-state index contributed by atoms with van der Waals surface area (Å²) in [5.41, 5.74) is 1.18. The van der Waals surface area contributed by atoms with E-state index in [0.29, 0.717) is 19.6 Å².